The maximum absolute atomic E-state index is 13.2. The molecule has 3 aromatic rings. The topological polar surface area (TPSA) is 85.4 Å². The molecule has 1 saturated carbocycles. The van der Waals surface area contributed by atoms with E-state index in [-0.39, 0.29) is 16.0 Å². The fourth-order valence-electron chi connectivity index (χ4n) is 5.50. The number of amides is 1. The summed E-state index contributed by atoms with van der Waals surface area (Å²) < 4.78 is 51.6. The zero-order valence-corrected chi connectivity index (χ0v) is 27.2. The Labute approximate surface area is 258 Å². The Hall–Kier alpha value is -3.28. The average molecular weight is 627 g/mol. The van der Waals surface area contributed by atoms with Gasteiger partial charge in [0.1, 0.15) is 11.5 Å². The van der Waals surface area contributed by atoms with Crippen LogP contribution >= 0.6 is 0 Å². The van der Waals surface area contributed by atoms with E-state index in [1.165, 1.54) is 6.07 Å². The van der Waals surface area contributed by atoms with Gasteiger partial charge in [-0.2, -0.15) is 13.2 Å². The first-order chi connectivity index (χ1) is 20.6. The number of rotatable bonds is 9. The van der Waals surface area contributed by atoms with Gasteiger partial charge in [0.05, 0.1) is 18.9 Å². The second-order valence-corrected chi connectivity index (χ2v) is 18.3. The van der Waals surface area contributed by atoms with Gasteiger partial charge in [-0.1, -0.05) is 26.8 Å². The van der Waals surface area contributed by atoms with Crippen molar-refractivity contribution in [3.05, 3.63) is 71.2 Å². The van der Waals surface area contributed by atoms with E-state index in [4.69, 9.17) is 14.1 Å². The maximum atomic E-state index is 13.2. The Morgan fingerprint density at radius 1 is 1.14 bits per heavy atom. The average Bonchev–Trinajstić information content (AvgIpc) is 3.72. The number of hydrogen-bond acceptors (Lipinski definition) is 6. The van der Waals surface area contributed by atoms with Crippen molar-refractivity contribution in [1.29, 1.82) is 0 Å². The standard InChI is InChI=1S/C33H41F3N4O3Si/c1-21-7-8-25(39-30(41)22-9-11-37-28(15-22)33(34,35)36)18-26(21)23-16-27(32-10-13-42-20-24(32)19-32)40-29(17-23)38-12-14-43-44(5,6)31(2,3)4/h7-9,11,15-18,24H,10,12-14,19-20H2,1-6H3,(H,38,40)(H,39,41). The minimum absolute atomic E-state index is 0.000401. The lowest BCUT2D eigenvalue weighted by atomic mass is 9.90. The van der Waals surface area contributed by atoms with Gasteiger partial charge in [-0.05, 0) is 96.9 Å². The number of hydrogen-bond donors (Lipinski definition) is 2. The van der Waals surface area contributed by atoms with Crippen LogP contribution in [0.5, 0.6) is 0 Å². The molecule has 0 radical (unpaired) electrons. The summed E-state index contributed by atoms with van der Waals surface area (Å²) in [4.78, 5) is 21.3. The molecule has 2 aliphatic rings. The molecule has 1 aliphatic carbocycles. The molecule has 1 amide bonds. The Kier molecular flexibility index (Phi) is 8.69. The van der Waals surface area contributed by atoms with E-state index in [2.05, 4.69) is 55.5 Å². The smallest absolute Gasteiger partial charge is 0.415 e. The number of nitrogens with zero attached hydrogens (tertiary/aromatic N) is 2. The lowest BCUT2D eigenvalue weighted by molar-refractivity contribution is -0.141. The van der Waals surface area contributed by atoms with Gasteiger partial charge in [0.25, 0.3) is 5.91 Å². The number of halogens is 3. The Morgan fingerprint density at radius 3 is 2.61 bits per heavy atom. The van der Waals surface area contributed by atoms with Gasteiger partial charge in [-0.15, -0.1) is 0 Å². The van der Waals surface area contributed by atoms with Crippen molar-refractivity contribution < 1.29 is 27.1 Å². The Morgan fingerprint density at radius 2 is 1.91 bits per heavy atom. The molecule has 0 spiro atoms. The first kappa shape index (κ1) is 32.1. The lowest BCUT2D eigenvalue weighted by Gasteiger charge is -2.36. The number of nitrogens with one attached hydrogen (secondary N) is 2. The zero-order valence-electron chi connectivity index (χ0n) is 26.2. The molecular weight excluding hydrogens is 585 g/mol. The second-order valence-electron chi connectivity index (χ2n) is 13.5. The van der Waals surface area contributed by atoms with Gasteiger partial charge in [-0.25, -0.2) is 4.98 Å². The number of carbonyl (C=O) groups is 1. The number of aromatic nitrogens is 2. The number of pyridine rings is 2. The van der Waals surface area contributed by atoms with E-state index in [0.717, 1.165) is 59.9 Å². The summed E-state index contributed by atoms with van der Waals surface area (Å²) in [6, 6.07) is 11.7. The van der Waals surface area contributed by atoms with Crippen molar-refractivity contribution in [3.8, 4) is 11.1 Å². The summed E-state index contributed by atoms with van der Waals surface area (Å²) in [5, 5.41) is 6.37. The predicted molar refractivity (Wildman–Crippen MR) is 168 cm³/mol. The fourth-order valence-corrected chi connectivity index (χ4v) is 6.55. The van der Waals surface area contributed by atoms with Crippen LogP contribution in [0.25, 0.3) is 11.1 Å². The number of carbonyl (C=O) groups excluding carboxylic acids is 1. The molecule has 3 heterocycles. The molecule has 1 aromatic carbocycles. The van der Waals surface area contributed by atoms with Gasteiger partial charge in [0, 0.05) is 36.0 Å². The van der Waals surface area contributed by atoms with Crippen LogP contribution in [-0.2, 0) is 20.8 Å². The van der Waals surface area contributed by atoms with E-state index in [1.807, 2.05) is 25.1 Å². The van der Waals surface area contributed by atoms with Gasteiger partial charge >= 0.3 is 6.18 Å². The Bertz CT molecular complexity index is 1540. The van der Waals surface area contributed by atoms with E-state index >= 15 is 0 Å². The normalized spacial score (nSPS) is 20.2. The third-order valence-corrected chi connectivity index (χ3v) is 13.9. The lowest BCUT2D eigenvalue weighted by Crippen LogP contribution is -2.41. The molecule has 44 heavy (non-hydrogen) atoms. The SMILES string of the molecule is Cc1ccc(NC(=O)c2ccnc(C(F)(F)F)c2)cc1-c1cc(NCCO[Si](C)(C)C(C)(C)C)nc(C23CCOCC2C3)c1. The van der Waals surface area contributed by atoms with Crippen molar-refractivity contribution in [3.63, 3.8) is 0 Å². The van der Waals surface area contributed by atoms with Crippen LogP contribution in [-0.4, -0.2) is 50.6 Å². The maximum Gasteiger partial charge on any atom is 0.433 e. The number of ether oxygens (including phenoxy) is 1. The summed E-state index contributed by atoms with van der Waals surface area (Å²) in [5.41, 5.74) is 3.12. The van der Waals surface area contributed by atoms with Crippen LogP contribution in [0.3, 0.4) is 0 Å². The molecule has 2 aromatic heterocycles. The summed E-state index contributed by atoms with van der Waals surface area (Å²) in [6.45, 7) is 15.8. The van der Waals surface area contributed by atoms with Crippen LogP contribution < -0.4 is 10.6 Å². The highest BCUT2D eigenvalue weighted by Gasteiger charge is 2.57. The quantitative estimate of drug-likeness (QED) is 0.186. The van der Waals surface area contributed by atoms with E-state index in [0.29, 0.717) is 31.4 Å². The van der Waals surface area contributed by atoms with Crippen LogP contribution in [0.15, 0.2) is 48.7 Å². The molecule has 7 nitrogen and oxygen atoms in total. The molecule has 1 aliphatic heterocycles. The van der Waals surface area contributed by atoms with E-state index < -0.39 is 26.1 Å². The minimum Gasteiger partial charge on any atom is -0.415 e. The number of fused-ring (bicyclic) bond motifs is 1. The van der Waals surface area contributed by atoms with Crippen LogP contribution in [0.1, 0.15) is 60.9 Å². The van der Waals surface area contributed by atoms with Gasteiger partial charge in [-0.3, -0.25) is 9.78 Å². The second kappa shape index (κ2) is 11.9. The largest absolute Gasteiger partial charge is 0.433 e. The molecule has 2 N–H and O–H groups in total. The highest BCUT2D eigenvalue weighted by molar-refractivity contribution is 6.74. The van der Waals surface area contributed by atoms with Crippen molar-refractivity contribution >= 4 is 25.7 Å². The number of benzene rings is 1. The van der Waals surface area contributed by atoms with Crippen molar-refractivity contribution in [2.24, 2.45) is 5.92 Å². The fraction of sp³-hybridized carbons (Fsp3) is 0.485. The molecule has 11 heteroatoms. The molecule has 5 rings (SSSR count). The van der Waals surface area contributed by atoms with Crippen LogP contribution in [0, 0.1) is 12.8 Å². The first-order valence-corrected chi connectivity index (χ1v) is 17.9. The van der Waals surface area contributed by atoms with Crippen LogP contribution in [0.4, 0.5) is 24.7 Å². The molecular formula is C33H41F3N4O3Si. The molecule has 0 bridgehead atoms. The number of aryl methyl sites for hydroxylation is 1. The third kappa shape index (κ3) is 6.84. The van der Waals surface area contributed by atoms with Gasteiger partial charge in [0.15, 0.2) is 8.32 Å². The van der Waals surface area contributed by atoms with Crippen LogP contribution in [0.2, 0.25) is 18.1 Å². The van der Waals surface area contributed by atoms with Crippen molar-refractivity contribution in [2.45, 2.75) is 70.3 Å². The molecule has 2 atom stereocenters. The third-order valence-electron chi connectivity index (χ3n) is 9.38. The van der Waals surface area contributed by atoms with Gasteiger partial charge in [0.2, 0.25) is 0 Å². The first-order valence-electron chi connectivity index (χ1n) is 15.0. The van der Waals surface area contributed by atoms with E-state index in [1.54, 1.807) is 6.07 Å². The summed E-state index contributed by atoms with van der Waals surface area (Å²) >= 11 is 0. The number of alkyl halides is 3. The highest BCUT2D eigenvalue weighted by Crippen LogP contribution is 2.58. The molecule has 236 valence electrons. The van der Waals surface area contributed by atoms with Crippen molar-refractivity contribution in [1.82, 2.24) is 9.97 Å². The van der Waals surface area contributed by atoms with Gasteiger partial charge < -0.3 is 19.8 Å². The summed E-state index contributed by atoms with van der Waals surface area (Å²) in [6.07, 6.45) is -1.69. The Balaban J connectivity index is 1.41. The highest BCUT2D eigenvalue weighted by atomic mass is 28.4. The van der Waals surface area contributed by atoms with E-state index in [9.17, 15) is 18.0 Å². The zero-order chi connectivity index (χ0) is 31.9. The van der Waals surface area contributed by atoms with Crippen molar-refractivity contribution in [2.75, 3.05) is 37.0 Å². The molecule has 2 fully saturated rings. The monoisotopic (exact) mass is 626 g/mol. The number of anilines is 2. The summed E-state index contributed by atoms with van der Waals surface area (Å²) in [7, 11) is -1.88. The predicted octanol–water partition coefficient (Wildman–Crippen LogP) is 7.83. The minimum atomic E-state index is -4.64. The summed E-state index contributed by atoms with van der Waals surface area (Å²) in [5.74, 6) is 0.560. The molecule has 2 unspecified atom stereocenters. The molecule has 1 saturated heterocycles.